The molecule has 0 saturated heterocycles. The molecule has 0 aromatic carbocycles. The first-order valence-electron chi connectivity index (χ1n) is 12.7. The van der Waals surface area contributed by atoms with Crippen molar-refractivity contribution in [3.05, 3.63) is 11.6 Å². The summed E-state index contributed by atoms with van der Waals surface area (Å²) in [5.74, 6) is 5.43. The molecule has 0 bridgehead atoms. The number of rotatable bonds is 5. The first kappa shape index (κ1) is 21.4. The number of hydrogen-bond donors (Lipinski definition) is 1. The third-order valence-electron chi connectivity index (χ3n) is 10.3. The van der Waals surface area contributed by atoms with Crippen molar-refractivity contribution in [2.45, 2.75) is 105 Å². The third-order valence-corrected chi connectivity index (χ3v) is 10.3. The molecule has 29 heavy (non-hydrogen) atoms. The maximum absolute atomic E-state index is 9.27. The molecule has 2 nitrogen and oxygen atoms in total. The molecular weight excluding hydrogens is 354 g/mol. The molecule has 164 valence electrons. The van der Waals surface area contributed by atoms with E-state index in [0.29, 0.717) is 10.8 Å². The van der Waals surface area contributed by atoms with Crippen LogP contribution in [0.5, 0.6) is 0 Å². The van der Waals surface area contributed by atoms with Gasteiger partial charge in [0, 0.05) is 0 Å². The van der Waals surface area contributed by atoms with Crippen LogP contribution in [0.2, 0.25) is 0 Å². The summed E-state index contributed by atoms with van der Waals surface area (Å²) in [6.45, 7) is 12.5. The zero-order valence-corrected chi connectivity index (χ0v) is 19.7. The summed E-state index contributed by atoms with van der Waals surface area (Å²) < 4.78 is 0. The van der Waals surface area contributed by atoms with Gasteiger partial charge >= 0.3 is 0 Å². The van der Waals surface area contributed by atoms with Gasteiger partial charge in [0.25, 0.3) is 0 Å². The Morgan fingerprint density at radius 3 is 2.52 bits per heavy atom. The molecule has 7 atom stereocenters. The standard InChI is InChI=1S/C27H45NO/c1-18(2)7-6-8-19(3)23-11-12-24-22-10-9-20-17-21(28-29)13-15-26(20,4)25(22)14-16-27(23,24)5/h17-19,22-25,29H,6-16H2,1-5H3/b28-21+/t19-,22+,23-,24+,25+,26+,27-/m1/s1. The summed E-state index contributed by atoms with van der Waals surface area (Å²) in [6, 6.07) is 0. The van der Waals surface area contributed by atoms with E-state index < -0.39 is 0 Å². The molecule has 4 aliphatic carbocycles. The molecule has 3 saturated carbocycles. The lowest BCUT2D eigenvalue weighted by Gasteiger charge is -2.58. The summed E-state index contributed by atoms with van der Waals surface area (Å²) in [4.78, 5) is 0. The quantitative estimate of drug-likeness (QED) is 0.370. The first-order valence-corrected chi connectivity index (χ1v) is 12.7. The van der Waals surface area contributed by atoms with Crippen LogP contribution in [0.1, 0.15) is 105 Å². The fourth-order valence-electron chi connectivity index (χ4n) is 8.67. The van der Waals surface area contributed by atoms with Gasteiger partial charge in [-0.05, 0) is 104 Å². The number of nitrogens with zero attached hydrogens (tertiary/aromatic N) is 1. The lowest BCUT2D eigenvalue weighted by atomic mass is 9.46. The highest BCUT2D eigenvalue weighted by Gasteiger charge is 2.59. The van der Waals surface area contributed by atoms with Gasteiger partial charge in [-0.1, -0.05) is 64.6 Å². The van der Waals surface area contributed by atoms with Gasteiger partial charge in [-0.3, -0.25) is 0 Å². The highest BCUT2D eigenvalue weighted by Crippen LogP contribution is 2.67. The zero-order valence-electron chi connectivity index (χ0n) is 19.7. The van der Waals surface area contributed by atoms with Crippen LogP contribution < -0.4 is 0 Å². The Labute approximate surface area is 179 Å². The Hall–Kier alpha value is -0.790. The van der Waals surface area contributed by atoms with Crippen LogP contribution in [-0.4, -0.2) is 10.9 Å². The minimum Gasteiger partial charge on any atom is -0.411 e. The van der Waals surface area contributed by atoms with Gasteiger partial charge in [0.1, 0.15) is 0 Å². The maximum atomic E-state index is 9.27. The minimum absolute atomic E-state index is 0.361. The van der Waals surface area contributed by atoms with Crippen LogP contribution in [-0.2, 0) is 0 Å². The van der Waals surface area contributed by atoms with E-state index in [-0.39, 0.29) is 0 Å². The molecule has 0 heterocycles. The normalized spacial score (nSPS) is 44.2. The van der Waals surface area contributed by atoms with Crippen LogP contribution in [0.25, 0.3) is 0 Å². The molecule has 1 N–H and O–H groups in total. The molecule has 0 spiro atoms. The topological polar surface area (TPSA) is 32.6 Å². The average Bonchev–Trinajstić information content (AvgIpc) is 3.04. The molecule has 4 aliphatic rings. The van der Waals surface area contributed by atoms with Crippen LogP contribution in [0.4, 0.5) is 0 Å². The number of allylic oxidation sites excluding steroid dienone is 2. The van der Waals surface area contributed by atoms with Gasteiger partial charge in [-0.25, -0.2) is 0 Å². The highest BCUT2D eigenvalue weighted by atomic mass is 16.4. The maximum Gasteiger partial charge on any atom is 0.0795 e. The summed E-state index contributed by atoms with van der Waals surface area (Å²) in [5, 5.41) is 12.8. The van der Waals surface area contributed by atoms with E-state index in [1.807, 2.05) is 0 Å². The van der Waals surface area contributed by atoms with E-state index in [9.17, 15) is 5.21 Å². The second-order valence-electron chi connectivity index (χ2n) is 12.1. The number of oxime groups is 1. The van der Waals surface area contributed by atoms with Crippen molar-refractivity contribution >= 4 is 5.71 Å². The Morgan fingerprint density at radius 1 is 1.00 bits per heavy atom. The van der Waals surface area contributed by atoms with E-state index in [1.54, 1.807) is 5.57 Å². The summed E-state index contributed by atoms with van der Waals surface area (Å²) in [6.07, 6.45) is 17.1. The molecule has 0 aromatic rings. The van der Waals surface area contributed by atoms with Crippen molar-refractivity contribution in [2.24, 2.45) is 51.5 Å². The molecule has 3 fully saturated rings. The van der Waals surface area contributed by atoms with Crippen molar-refractivity contribution in [2.75, 3.05) is 0 Å². The summed E-state index contributed by atoms with van der Waals surface area (Å²) in [7, 11) is 0. The summed E-state index contributed by atoms with van der Waals surface area (Å²) >= 11 is 0. The van der Waals surface area contributed by atoms with E-state index in [0.717, 1.165) is 47.6 Å². The zero-order chi connectivity index (χ0) is 20.8. The molecule has 0 unspecified atom stereocenters. The van der Waals surface area contributed by atoms with Crippen LogP contribution in [0, 0.1) is 46.3 Å². The fraction of sp³-hybridized carbons (Fsp3) is 0.889. The van der Waals surface area contributed by atoms with E-state index in [2.05, 4.69) is 45.9 Å². The van der Waals surface area contributed by atoms with Gasteiger partial charge in [0.05, 0.1) is 5.71 Å². The van der Waals surface area contributed by atoms with E-state index in [1.165, 1.54) is 64.2 Å². The van der Waals surface area contributed by atoms with Crippen LogP contribution in [0.15, 0.2) is 16.8 Å². The predicted molar refractivity (Wildman–Crippen MR) is 122 cm³/mol. The highest BCUT2D eigenvalue weighted by molar-refractivity contribution is 5.96. The largest absolute Gasteiger partial charge is 0.411 e. The first-order chi connectivity index (χ1) is 13.8. The third kappa shape index (κ3) is 3.61. The second-order valence-corrected chi connectivity index (χ2v) is 12.1. The van der Waals surface area contributed by atoms with Gasteiger partial charge in [-0.15, -0.1) is 0 Å². The Kier molecular flexibility index (Phi) is 5.95. The molecule has 2 heteroatoms. The smallest absolute Gasteiger partial charge is 0.0795 e. The fourth-order valence-corrected chi connectivity index (χ4v) is 8.67. The lowest BCUT2D eigenvalue weighted by molar-refractivity contribution is -0.0574. The van der Waals surface area contributed by atoms with Crippen molar-refractivity contribution < 1.29 is 5.21 Å². The summed E-state index contributed by atoms with van der Waals surface area (Å²) in [5.41, 5.74) is 3.45. The monoisotopic (exact) mass is 399 g/mol. The second kappa shape index (κ2) is 8.04. The van der Waals surface area contributed by atoms with Crippen molar-refractivity contribution in [1.82, 2.24) is 0 Å². The molecule has 0 aromatic heterocycles. The molecule has 4 rings (SSSR count). The Bertz CT molecular complexity index is 663. The number of hydrogen-bond acceptors (Lipinski definition) is 2. The molecule has 0 aliphatic heterocycles. The van der Waals surface area contributed by atoms with Crippen molar-refractivity contribution in [3.8, 4) is 0 Å². The SMILES string of the molecule is CC(C)CCC[C@@H](C)[C@H]1CC[C@H]2[C@@H]3CCC4=C/C(=N/O)CC[C@]4(C)[C@H]3CC[C@]12C. The van der Waals surface area contributed by atoms with Crippen molar-refractivity contribution in [3.63, 3.8) is 0 Å². The lowest BCUT2D eigenvalue weighted by Crippen LogP contribution is -2.51. The number of fused-ring (bicyclic) bond motifs is 5. The average molecular weight is 400 g/mol. The van der Waals surface area contributed by atoms with Gasteiger partial charge < -0.3 is 5.21 Å². The minimum atomic E-state index is 0.361. The molecule has 0 radical (unpaired) electrons. The predicted octanol–water partition coefficient (Wildman–Crippen LogP) is 7.86. The van der Waals surface area contributed by atoms with Crippen LogP contribution >= 0.6 is 0 Å². The van der Waals surface area contributed by atoms with Gasteiger partial charge in [-0.2, -0.15) is 0 Å². The van der Waals surface area contributed by atoms with Crippen molar-refractivity contribution in [1.29, 1.82) is 0 Å². The van der Waals surface area contributed by atoms with Gasteiger partial charge in [0.2, 0.25) is 0 Å². The molecular formula is C27H45NO. The van der Waals surface area contributed by atoms with Gasteiger partial charge in [0.15, 0.2) is 0 Å². The Balaban J connectivity index is 1.49. The van der Waals surface area contributed by atoms with E-state index in [4.69, 9.17) is 0 Å². The van der Waals surface area contributed by atoms with Crippen LogP contribution in [0.3, 0.4) is 0 Å². The molecule has 0 amide bonds. The Morgan fingerprint density at radius 2 is 1.79 bits per heavy atom. The van der Waals surface area contributed by atoms with E-state index >= 15 is 0 Å².